The molecule has 1 amide bonds. The fourth-order valence-corrected chi connectivity index (χ4v) is 3.11. The Morgan fingerprint density at radius 1 is 1.17 bits per heavy atom. The number of hydrogen-bond donors (Lipinski definition) is 0. The Hall–Kier alpha value is -2.43. The number of fused-ring (bicyclic) bond motifs is 1. The summed E-state index contributed by atoms with van der Waals surface area (Å²) < 4.78 is 5.46. The van der Waals surface area contributed by atoms with E-state index in [1.165, 1.54) is 0 Å². The molecule has 1 saturated heterocycles. The summed E-state index contributed by atoms with van der Waals surface area (Å²) in [4.78, 5) is 31.2. The van der Waals surface area contributed by atoms with E-state index in [0.717, 1.165) is 48.1 Å². The second-order valence-corrected chi connectivity index (χ2v) is 6.41. The largest absolute Gasteiger partial charge is 0.449 e. The number of aromatic nitrogens is 1. The fourth-order valence-electron chi connectivity index (χ4n) is 3.11. The van der Waals surface area contributed by atoms with Gasteiger partial charge in [-0.3, -0.25) is 9.78 Å². The summed E-state index contributed by atoms with van der Waals surface area (Å²) in [6.07, 6.45) is 1.25. The molecule has 2 aromatic rings. The summed E-state index contributed by atoms with van der Waals surface area (Å²) >= 11 is 0. The van der Waals surface area contributed by atoms with Crippen LogP contribution in [0.1, 0.15) is 41.4 Å². The van der Waals surface area contributed by atoms with E-state index in [9.17, 15) is 9.59 Å². The van der Waals surface area contributed by atoms with Crippen LogP contribution in [0.2, 0.25) is 0 Å². The van der Waals surface area contributed by atoms with Gasteiger partial charge >= 0.3 is 5.97 Å². The van der Waals surface area contributed by atoms with E-state index in [2.05, 4.69) is 4.98 Å². The Bertz CT molecular complexity index is 795. The second-order valence-electron chi connectivity index (χ2n) is 6.41. The number of ether oxygens (including phenoxy) is 1. The monoisotopic (exact) mass is 326 g/mol. The number of benzene rings is 1. The highest BCUT2D eigenvalue weighted by Crippen LogP contribution is 2.21. The van der Waals surface area contributed by atoms with Crippen molar-refractivity contribution in [1.82, 2.24) is 9.88 Å². The average Bonchev–Trinajstić information content (AvgIpc) is 3.08. The van der Waals surface area contributed by atoms with Crippen molar-refractivity contribution in [2.24, 2.45) is 0 Å². The van der Waals surface area contributed by atoms with Crippen LogP contribution in [0.3, 0.4) is 0 Å². The van der Waals surface area contributed by atoms with Crippen molar-refractivity contribution in [3.05, 3.63) is 41.1 Å². The van der Waals surface area contributed by atoms with Crippen LogP contribution in [0.15, 0.2) is 24.3 Å². The van der Waals surface area contributed by atoms with Gasteiger partial charge < -0.3 is 9.64 Å². The zero-order chi connectivity index (χ0) is 17.3. The van der Waals surface area contributed by atoms with Crippen LogP contribution < -0.4 is 0 Å². The third-order valence-electron chi connectivity index (χ3n) is 4.36. The molecule has 0 N–H and O–H groups in total. The zero-order valence-corrected chi connectivity index (χ0v) is 14.3. The van der Waals surface area contributed by atoms with Gasteiger partial charge in [-0.1, -0.05) is 11.6 Å². The van der Waals surface area contributed by atoms with Gasteiger partial charge in [0.25, 0.3) is 5.91 Å². The van der Waals surface area contributed by atoms with Gasteiger partial charge in [-0.2, -0.15) is 0 Å². The number of carbonyl (C=O) groups is 2. The lowest BCUT2D eigenvalue weighted by Gasteiger charge is -2.20. The number of pyridine rings is 1. The number of aryl methyl sites for hydroxylation is 2. The van der Waals surface area contributed by atoms with Crippen LogP contribution in [-0.4, -0.2) is 41.0 Å². The van der Waals surface area contributed by atoms with Crippen LogP contribution in [-0.2, 0) is 9.53 Å². The van der Waals surface area contributed by atoms with Crippen LogP contribution in [0.25, 0.3) is 10.9 Å². The van der Waals surface area contributed by atoms with Gasteiger partial charge in [-0.15, -0.1) is 0 Å². The number of esters is 1. The molecule has 0 saturated carbocycles. The molecule has 1 aliphatic heterocycles. The van der Waals surface area contributed by atoms with Crippen molar-refractivity contribution < 1.29 is 14.3 Å². The minimum atomic E-state index is -0.774. The van der Waals surface area contributed by atoms with Crippen LogP contribution >= 0.6 is 0 Å². The van der Waals surface area contributed by atoms with Gasteiger partial charge in [0.15, 0.2) is 6.10 Å². The molecule has 1 unspecified atom stereocenters. The molecular weight excluding hydrogens is 304 g/mol. The third kappa shape index (κ3) is 3.25. The molecule has 24 heavy (non-hydrogen) atoms. The summed E-state index contributed by atoms with van der Waals surface area (Å²) in [5.74, 6) is -0.594. The maximum atomic E-state index is 12.6. The third-order valence-corrected chi connectivity index (χ3v) is 4.36. The summed E-state index contributed by atoms with van der Waals surface area (Å²) in [5.41, 5.74) is 3.01. The Kier molecular flexibility index (Phi) is 4.51. The van der Waals surface area contributed by atoms with E-state index in [1.807, 2.05) is 32.0 Å². The number of likely N-dealkylation sites (tertiary alicyclic amines) is 1. The molecule has 0 radical (unpaired) electrons. The summed E-state index contributed by atoms with van der Waals surface area (Å²) in [5, 5.41) is 0.756. The van der Waals surface area contributed by atoms with Crippen LogP contribution in [0, 0.1) is 13.8 Å². The van der Waals surface area contributed by atoms with Crippen molar-refractivity contribution in [2.75, 3.05) is 13.1 Å². The Balaban J connectivity index is 1.85. The molecule has 5 nitrogen and oxygen atoms in total. The summed E-state index contributed by atoms with van der Waals surface area (Å²) in [6.45, 7) is 6.94. The highest BCUT2D eigenvalue weighted by atomic mass is 16.5. The topological polar surface area (TPSA) is 59.5 Å². The molecule has 2 heterocycles. The van der Waals surface area contributed by atoms with E-state index in [1.54, 1.807) is 17.9 Å². The minimum Gasteiger partial charge on any atom is -0.449 e. The number of hydrogen-bond acceptors (Lipinski definition) is 4. The predicted molar refractivity (Wildman–Crippen MR) is 91.9 cm³/mol. The number of rotatable bonds is 3. The van der Waals surface area contributed by atoms with E-state index in [4.69, 9.17) is 4.74 Å². The maximum absolute atomic E-state index is 12.6. The Morgan fingerprint density at radius 2 is 1.88 bits per heavy atom. The molecule has 0 aliphatic carbocycles. The lowest BCUT2D eigenvalue weighted by atomic mass is 10.1. The first-order valence-corrected chi connectivity index (χ1v) is 8.33. The molecule has 0 spiro atoms. The zero-order valence-electron chi connectivity index (χ0n) is 14.3. The molecule has 126 valence electrons. The lowest BCUT2D eigenvalue weighted by molar-refractivity contribution is -0.138. The van der Waals surface area contributed by atoms with Gasteiger partial charge in [0.2, 0.25) is 0 Å². The molecule has 3 rings (SSSR count). The van der Waals surface area contributed by atoms with Crippen molar-refractivity contribution in [3.8, 4) is 0 Å². The van der Waals surface area contributed by atoms with Crippen molar-refractivity contribution in [3.63, 3.8) is 0 Å². The first kappa shape index (κ1) is 16.4. The molecule has 5 heteroatoms. The van der Waals surface area contributed by atoms with Gasteiger partial charge in [-0.25, -0.2) is 4.79 Å². The quantitative estimate of drug-likeness (QED) is 0.814. The van der Waals surface area contributed by atoms with E-state index < -0.39 is 12.1 Å². The predicted octanol–water partition coefficient (Wildman–Crippen LogP) is 3.02. The van der Waals surface area contributed by atoms with Gasteiger partial charge in [-0.05, 0) is 51.8 Å². The molecule has 0 bridgehead atoms. The minimum absolute atomic E-state index is 0.118. The van der Waals surface area contributed by atoms with Crippen LogP contribution in [0.5, 0.6) is 0 Å². The smallest absolute Gasteiger partial charge is 0.339 e. The standard InChI is InChI=1S/C19H22N2O3/c1-12-6-7-17-15(10-12)16(11-13(2)20-17)19(23)24-14(3)18(22)21-8-4-5-9-21/h6-7,10-11,14H,4-5,8-9H2,1-3H3. The van der Waals surface area contributed by atoms with Gasteiger partial charge in [0.1, 0.15) is 0 Å². The number of nitrogens with zero attached hydrogens (tertiary/aromatic N) is 2. The second kappa shape index (κ2) is 6.59. The fraction of sp³-hybridized carbons (Fsp3) is 0.421. The highest BCUT2D eigenvalue weighted by molar-refractivity contribution is 6.04. The lowest BCUT2D eigenvalue weighted by Crippen LogP contribution is -2.38. The SMILES string of the molecule is Cc1ccc2nc(C)cc(C(=O)OC(C)C(=O)N3CCCC3)c2c1. The molecule has 1 atom stereocenters. The molecule has 1 aromatic heterocycles. The van der Waals surface area contributed by atoms with E-state index >= 15 is 0 Å². The Morgan fingerprint density at radius 3 is 2.58 bits per heavy atom. The maximum Gasteiger partial charge on any atom is 0.339 e. The Labute approximate surface area is 141 Å². The number of carbonyl (C=O) groups excluding carboxylic acids is 2. The van der Waals surface area contributed by atoms with Crippen molar-refractivity contribution in [2.45, 2.75) is 39.7 Å². The molecule has 1 fully saturated rings. The summed E-state index contributed by atoms with van der Waals surface area (Å²) in [7, 11) is 0. The molecule has 1 aliphatic rings. The normalized spacial score (nSPS) is 15.5. The van der Waals surface area contributed by atoms with Crippen LogP contribution in [0.4, 0.5) is 0 Å². The van der Waals surface area contributed by atoms with E-state index in [-0.39, 0.29) is 5.91 Å². The highest BCUT2D eigenvalue weighted by Gasteiger charge is 2.27. The van der Waals surface area contributed by atoms with Crippen molar-refractivity contribution >= 4 is 22.8 Å². The molecular formula is C19H22N2O3. The van der Waals surface area contributed by atoms with E-state index in [0.29, 0.717) is 5.56 Å². The van der Waals surface area contributed by atoms with Crippen molar-refractivity contribution in [1.29, 1.82) is 0 Å². The average molecular weight is 326 g/mol. The molecule has 1 aromatic carbocycles. The van der Waals surface area contributed by atoms with Gasteiger partial charge in [0.05, 0.1) is 11.1 Å². The summed E-state index contributed by atoms with van der Waals surface area (Å²) in [6, 6.07) is 7.50. The number of amides is 1. The first-order chi connectivity index (χ1) is 11.5. The first-order valence-electron chi connectivity index (χ1n) is 8.33. The van der Waals surface area contributed by atoms with Gasteiger partial charge in [0, 0.05) is 24.2 Å².